The third-order valence-electron chi connectivity index (χ3n) is 3.58. The third kappa shape index (κ3) is 3.95. The summed E-state index contributed by atoms with van der Waals surface area (Å²) in [6.45, 7) is 6.01. The summed E-state index contributed by atoms with van der Waals surface area (Å²) in [4.78, 5) is 0. The smallest absolute Gasteiger partial charge is 0.00718 e. The highest BCUT2D eigenvalue weighted by atomic mass is 127. The van der Waals surface area contributed by atoms with E-state index in [1.807, 2.05) is 13.0 Å². The molecule has 0 radical (unpaired) electrons. The van der Waals surface area contributed by atoms with Gasteiger partial charge in [0.15, 0.2) is 0 Å². The normalized spacial score (nSPS) is 23.4. The van der Waals surface area contributed by atoms with Gasteiger partial charge in [-0.05, 0) is 75.2 Å². The molecule has 0 saturated carbocycles. The van der Waals surface area contributed by atoms with Crippen LogP contribution in [-0.4, -0.2) is 0 Å². The zero-order valence-electron chi connectivity index (χ0n) is 12.0. The van der Waals surface area contributed by atoms with Crippen LogP contribution in [0.4, 0.5) is 0 Å². The van der Waals surface area contributed by atoms with E-state index >= 15 is 0 Å². The van der Waals surface area contributed by atoms with Gasteiger partial charge in [0.2, 0.25) is 0 Å². The van der Waals surface area contributed by atoms with Crippen LogP contribution in [0, 0.1) is 5.92 Å². The van der Waals surface area contributed by atoms with Crippen LogP contribution in [0.3, 0.4) is 0 Å². The van der Waals surface area contributed by atoms with Crippen LogP contribution in [0.5, 0.6) is 0 Å². The lowest BCUT2D eigenvalue weighted by Gasteiger charge is -2.21. The van der Waals surface area contributed by atoms with Gasteiger partial charge < -0.3 is 0 Å². The minimum atomic E-state index is 0.437. The van der Waals surface area contributed by atoms with Crippen LogP contribution in [0.15, 0.2) is 81.6 Å². The first-order chi connectivity index (χ1) is 9.74. The first kappa shape index (κ1) is 15.3. The van der Waals surface area contributed by atoms with E-state index in [1.54, 1.807) is 0 Å². The molecule has 0 aromatic carbocycles. The van der Waals surface area contributed by atoms with Crippen molar-refractivity contribution in [3.63, 3.8) is 0 Å². The molecule has 2 aliphatic rings. The average molecular weight is 376 g/mol. The summed E-state index contributed by atoms with van der Waals surface area (Å²) in [6, 6.07) is 0. The van der Waals surface area contributed by atoms with Crippen molar-refractivity contribution in [2.75, 3.05) is 0 Å². The average Bonchev–Trinajstić information content (AvgIpc) is 2.48. The SMILES string of the molecule is C=C/C(=C\C=C/C)C1C=C(C2=CCCC=C2)C=C(I)C1. The van der Waals surface area contributed by atoms with Gasteiger partial charge in [0.25, 0.3) is 0 Å². The quantitative estimate of drug-likeness (QED) is 0.404. The summed E-state index contributed by atoms with van der Waals surface area (Å²) >= 11 is 2.46. The second-order valence-electron chi connectivity index (χ2n) is 5.06. The third-order valence-corrected chi connectivity index (χ3v) is 4.33. The summed E-state index contributed by atoms with van der Waals surface area (Å²) in [5, 5.41) is 0. The van der Waals surface area contributed by atoms with Crippen LogP contribution >= 0.6 is 22.6 Å². The number of halogens is 1. The highest BCUT2D eigenvalue weighted by Crippen LogP contribution is 2.35. The number of hydrogen-bond acceptors (Lipinski definition) is 0. The Labute approximate surface area is 136 Å². The fraction of sp³-hybridized carbons (Fsp3) is 0.263. The fourth-order valence-electron chi connectivity index (χ4n) is 2.53. The number of hydrogen-bond donors (Lipinski definition) is 0. The van der Waals surface area contributed by atoms with Crippen LogP contribution in [0.2, 0.25) is 0 Å². The van der Waals surface area contributed by atoms with Gasteiger partial charge in [-0.1, -0.05) is 55.2 Å². The Morgan fingerprint density at radius 3 is 2.85 bits per heavy atom. The molecule has 0 spiro atoms. The van der Waals surface area contributed by atoms with Crippen molar-refractivity contribution in [2.24, 2.45) is 5.92 Å². The standard InChI is InChI=1S/C19H21I/c1-3-5-9-15(4-2)17-12-18(14-19(20)13-17)16-10-7-6-8-11-16/h3-5,7,9-12,14,17H,2,6,8,13H2,1H3/b5-3-,15-9+. The summed E-state index contributed by atoms with van der Waals surface area (Å²) in [5.74, 6) is 0.437. The maximum Gasteiger partial charge on any atom is 0.00718 e. The summed E-state index contributed by atoms with van der Waals surface area (Å²) < 4.78 is 1.42. The molecule has 104 valence electrons. The predicted octanol–water partition coefficient (Wildman–Crippen LogP) is 6.22. The van der Waals surface area contributed by atoms with Gasteiger partial charge in [-0.25, -0.2) is 0 Å². The number of rotatable bonds is 4. The van der Waals surface area contributed by atoms with E-state index in [0.717, 1.165) is 12.8 Å². The predicted molar refractivity (Wildman–Crippen MR) is 97.8 cm³/mol. The highest BCUT2D eigenvalue weighted by Gasteiger charge is 2.17. The lowest BCUT2D eigenvalue weighted by molar-refractivity contribution is 0.776. The Hall–Kier alpha value is -1.09. The van der Waals surface area contributed by atoms with E-state index in [0.29, 0.717) is 5.92 Å². The molecule has 1 atom stereocenters. The van der Waals surface area contributed by atoms with Crippen molar-refractivity contribution < 1.29 is 0 Å². The van der Waals surface area contributed by atoms with Crippen molar-refractivity contribution in [2.45, 2.75) is 26.2 Å². The zero-order chi connectivity index (χ0) is 14.4. The second kappa shape index (κ2) is 7.63. The summed E-state index contributed by atoms with van der Waals surface area (Å²) in [7, 11) is 0. The second-order valence-corrected chi connectivity index (χ2v) is 6.45. The van der Waals surface area contributed by atoms with Gasteiger partial charge in [-0.3, -0.25) is 0 Å². The van der Waals surface area contributed by atoms with Crippen molar-refractivity contribution >= 4 is 22.6 Å². The molecule has 1 heteroatoms. The Kier molecular flexibility index (Phi) is 5.84. The molecule has 0 nitrogen and oxygen atoms in total. The van der Waals surface area contributed by atoms with Crippen molar-refractivity contribution in [1.82, 2.24) is 0 Å². The van der Waals surface area contributed by atoms with Gasteiger partial charge in [0.05, 0.1) is 0 Å². The molecule has 0 aromatic heterocycles. The van der Waals surface area contributed by atoms with Gasteiger partial charge in [-0.2, -0.15) is 0 Å². The van der Waals surface area contributed by atoms with Crippen LogP contribution in [0.1, 0.15) is 26.2 Å². The molecule has 0 aromatic rings. The molecule has 20 heavy (non-hydrogen) atoms. The summed E-state index contributed by atoms with van der Waals surface area (Å²) in [5.41, 5.74) is 4.02. The molecule has 0 N–H and O–H groups in total. The molecule has 0 fully saturated rings. The minimum Gasteiger partial charge on any atom is -0.0988 e. The van der Waals surface area contributed by atoms with Gasteiger partial charge >= 0.3 is 0 Å². The van der Waals surface area contributed by atoms with Gasteiger partial charge in [-0.15, -0.1) is 0 Å². The fourth-order valence-corrected chi connectivity index (χ4v) is 3.34. The lowest BCUT2D eigenvalue weighted by atomic mass is 9.86. The molecule has 2 rings (SSSR count). The van der Waals surface area contributed by atoms with E-state index in [1.165, 1.54) is 26.7 Å². The lowest BCUT2D eigenvalue weighted by Crippen LogP contribution is -2.06. The molecular weight excluding hydrogens is 355 g/mol. The molecule has 1 unspecified atom stereocenters. The first-order valence-corrected chi connectivity index (χ1v) is 8.22. The van der Waals surface area contributed by atoms with Gasteiger partial charge in [0, 0.05) is 5.92 Å². The minimum absolute atomic E-state index is 0.437. The Morgan fingerprint density at radius 1 is 1.35 bits per heavy atom. The van der Waals surface area contributed by atoms with E-state index in [9.17, 15) is 0 Å². The van der Waals surface area contributed by atoms with Crippen molar-refractivity contribution in [1.29, 1.82) is 0 Å². The Morgan fingerprint density at radius 2 is 2.20 bits per heavy atom. The Bertz CT molecular complexity index is 550. The molecule has 2 aliphatic carbocycles. The summed E-state index contributed by atoms with van der Waals surface area (Å²) in [6.07, 6.45) is 23.3. The molecule has 0 heterocycles. The van der Waals surface area contributed by atoms with Crippen LogP contribution < -0.4 is 0 Å². The zero-order valence-corrected chi connectivity index (χ0v) is 14.1. The van der Waals surface area contributed by atoms with E-state index in [-0.39, 0.29) is 0 Å². The largest absolute Gasteiger partial charge is 0.0988 e. The monoisotopic (exact) mass is 376 g/mol. The van der Waals surface area contributed by atoms with Crippen LogP contribution in [-0.2, 0) is 0 Å². The molecule has 0 amide bonds. The highest BCUT2D eigenvalue weighted by molar-refractivity contribution is 14.1. The van der Waals surface area contributed by atoms with Gasteiger partial charge in [0.1, 0.15) is 0 Å². The van der Waals surface area contributed by atoms with Crippen molar-refractivity contribution in [3.8, 4) is 0 Å². The maximum atomic E-state index is 3.97. The van der Waals surface area contributed by atoms with E-state index in [4.69, 9.17) is 0 Å². The topological polar surface area (TPSA) is 0 Å². The van der Waals surface area contributed by atoms with Crippen molar-refractivity contribution in [3.05, 3.63) is 81.6 Å². The molecule has 0 bridgehead atoms. The van der Waals surface area contributed by atoms with Crippen LogP contribution in [0.25, 0.3) is 0 Å². The maximum absolute atomic E-state index is 3.97. The molecular formula is C19H21I. The Balaban J connectivity index is 2.30. The molecule has 0 saturated heterocycles. The van der Waals surface area contributed by atoms with E-state index < -0.39 is 0 Å². The molecule has 0 aliphatic heterocycles. The van der Waals surface area contributed by atoms with E-state index in [2.05, 4.69) is 77.8 Å². The number of allylic oxidation sites excluding steroid dienone is 13. The first-order valence-electron chi connectivity index (χ1n) is 7.15.